The number of halogens is 1. The first kappa shape index (κ1) is 14.6. The smallest absolute Gasteiger partial charge is 0.287 e. The van der Waals surface area contributed by atoms with E-state index in [4.69, 9.17) is 16.0 Å². The van der Waals surface area contributed by atoms with Crippen molar-refractivity contribution in [2.45, 2.75) is 19.9 Å². The Morgan fingerprint density at radius 1 is 1.35 bits per heavy atom. The van der Waals surface area contributed by atoms with Crippen LogP contribution < -0.4 is 5.32 Å². The quantitative estimate of drug-likeness (QED) is 0.911. The Kier molecular flexibility index (Phi) is 4.47. The fraction of sp³-hybridized carbons (Fsp3) is 0.267. The second-order valence-corrected chi connectivity index (χ2v) is 5.05. The van der Waals surface area contributed by atoms with Gasteiger partial charge in [-0.25, -0.2) is 0 Å². The maximum absolute atomic E-state index is 12.1. The Morgan fingerprint density at radius 3 is 2.50 bits per heavy atom. The van der Waals surface area contributed by atoms with Crippen LogP contribution in [0.3, 0.4) is 0 Å². The van der Waals surface area contributed by atoms with Gasteiger partial charge in [-0.1, -0.05) is 23.7 Å². The van der Waals surface area contributed by atoms with Crippen LogP contribution in [-0.4, -0.2) is 17.6 Å². The van der Waals surface area contributed by atoms with Gasteiger partial charge in [-0.2, -0.15) is 0 Å². The lowest BCUT2D eigenvalue weighted by Gasteiger charge is -2.16. The van der Waals surface area contributed by atoms with Crippen LogP contribution >= 0.6 is 11.6 Å². The third-order valence-electron chi connectivity index (χ3n) is 3.15. The summed E-state index contributed by atoms with van der Waals surface area (Å²) in [5.74, 6) is 0.602. The Bertz CT molecular complexity index is 585. The Hall–Kier alpha value is -1.78. The van der Waals surface area contributed by atoms with Crippen LogP contribution in [0.25, 0.3) is 0 Å². The summed E-state index contributed by atoms with van der Waals surface area (Å²) in [4.78, 5) is 12.1. The fourth-order valence-electron chi connectivity index (χ4n) is 1.84. The number of carbonyl (C=O) groups is 1. The molecule has 0 spiro atoms. The van der Waals surface area contributed by atoms with Gasteiger partial charge in [-0.15, -0.1) is 0 Å². The van der Waals surface area contributed by atoms with Crippen molar-refractivity contribution in [1.29, 1.82) is 0 Å². The minimum Gasteiger partial charge on any atom is -0.456 e. The van der Waals surface area contributed by atoms with Gasteiger partial charge in [-0.3, -0.25) is 4.79 Å². The van der Waals surface area contributed by atoms with Crippen molar-refractivity contribution in [1.82, 2.24) is 5.32 Å². The summed E-state index contributed by atoms with van der Waals surface area (Å²) in [6.45, 7) is 3.47. The molecule has 2 N–H and O–H groups in total. The lowest BCUT2D eigenvalue weighted by molar-refractivity contribution is 0.0887. The molecule has 0 aliphatic heterocycles. The number of nitrogens with one attached hydrogen (secondary N) is 1. The third-order valence-corrected chi connectivity index (χ3v) is 3.40. The zero-order valence-corrected chi connectivity index (χ0v) is 12.1. The first-order valence-electron chi connectivity index (χ1n) is 6.25. The fourth-order valence-corrected chi connectivity index (χ4v) is 1.97. The molecule has 1 aromatic heterocycles. The molecule has 106 valence electrons. The van der Waals surface area contributed by atoms with Crippen molar-refractivity contribution in [3.05, 3.63) is 58.0 Å². The summed E-state index contributed by atoms with van der Waals surface area (Å²) < 4.78 is 5.36. The van der Waals surface area contributed by atoms with Crippen LogP contribution in [0.2, 0.25) is 5.02 Å². The summed E-state index contributed by atoms with van der Waals surface area (Å²) in [6.07, 6.45) is 0. The standard InChI is InChI=1S/C15H16ClNO3/c1-9-7-14(20-10(9)2)15(19)17-13(8-18)11-3-5-12(16)6-4-11/h3-7,13,18H,8H2,1-2H3,(H,17,19). The van der Waals surface area contributed by atoms with E-state index >= 15 is 0 Å². The molecule has 4 nitrogen and oxygen atoms in total. The average molecular weight is 294 g/mol. The predicted molar refractivity (Wildman–Crippen MR) is 76.9 cm³/mol. The van der Waals surface area contributed by atoms with E-state index < -0.39 is 6.04 Å². The molecule has 0 saturated carbocycles. The number of aliphatic hydroxyl groups is 1. The number of aliphatic hydroxyl groups excluding tert-OH is 1. The van der Waals surface area contributed by atoms with Gasteiger partial charge in [0.1, 0.15) is 5.76 Å². The van der Waals surface area contributed by atoms with E-state index in [1.807, 2.05) is 6.92 Å². The van der Waals surface area contributed by atoms with Gasteiger partial charge in [0.05, 0.1) is 12.6 Å². The van der Waals surface area contributed by atoms with E-state index in [0.29, 0.717) is 10.8 Å². The third kappa shape index (κ3) is 3.21. The monoisotopic (exact) mass is 293 g/mol. The first-order chi connectivity index (χ1) is 9.51. The van der Waals surface area contributed by atoms with E-state index in [1.165, 1.54) is 0 Å². The second-order valence-electron chi connectivity index (χ2n) is 4.61. The summed E-state index contributed by atoms with van der Waals surface area (Å²) >= 11 is 5.82. The van der Waals surface area contributed by atoms with Gasteiger partial charge < -0.3 is 14.8 Å². The molecule has 20 heavy (non-hydrogen) atoms. The minimum absolute atomic E-state index is 0.202. The molecule has 5 heteroatoms. The van der Waals surface area contributed by atoms with Gasteiger partial charge in [0.25, 0.3) is 5.91 Å². The van der Waals surface area contributed by atoms with Crippen molar-refractivity contribution in [3.8, 4) is 0 Å². The average Bonchev–Trinajstić information content (AvgIpc) is 2.77. The molecule has 0 aliphatic carbocycles. The molecule has 1 amide bonds. The number of benzene rings is 1. The maximum atomic E-state index is 12.1. The number of carbonyl (C=O) groups excluding carboxylic acids is 1. The molecule has 0 radical (unpaired) electrons. The van der Waals surface area contributed by atoms with Gasteiger partial charge in [-0.05, 0) is 43.2 Å². The first-order valence-corrected chi connectivity index (χ1v) is 6.63. The highest BCUT2D eigenvalue weighted by Crippen LogP contribution is 2.18. The van der Waals surface area contributed by atoms with Gasteiger partial charge in [0.15, 0.2) is 5.76 Å². The van der Waals surface area contributed by atoms with Crippen LogP contribution in [0.5, 0.6) is 0 Å². The van der Waals surface area contributed by atoms with Crippen LogP contribution in [0, 0.1) is 13.8 Å². The molecule has 2 rings (SSSR count). The molecule has 1 unspecified atom stereocenters. The van der Waals surface area contributed by atoms with Crippen molar-refractivity contribution in [2.24, 2.45) is 0 Å². The minimum atomic E-state index is -0.495. The molecule has 1 atom stereocenters. The number of hydrogen-bond donors (Lipinski definition) is 2. The molecular formula is C15H16ClNO3. The highest BCUT2D eigenvalue weighted by atomic mass is 35.5. The van der Waals surface area contributed by atoms with E-state index in [2.05, 4.69) is 5.32 Å². The van der Waals surface area contributed by atoms with Crippen LogP contribution in [-0.2, 0) is 0 Å². The van der Waals surface area contributed by atoms with E-state index in [9.17, 15) is 9.90 Å². The Morgan fingerprint density at radius 2 is 2.00 bits per heavy atom. The zero-order chi connectivity index (χ0) is 14.7. The van der Waals surface area contributed by atoms with Gasteiger partial charge in [0, 0.05) is 5.02 Å². The SMILES string of the molecule is Cc1cc(C(=O)NC(CO)c2ccc(Cl)cc2)oc1C. The van der Waals surface area contributed by atoms with Crippen molar-refractivity contribution in [2.75, 3.05) is 6.61 Å². The highest BCUT2D eigenvalue weighted by molar-refractivity contribution is 6.30. The number of furan rings is 1. The molecule has 0 fully saturated rings. The molecule has 1 heterocycles. The molecule has 0 saturated heterocycles. The second kappa shape index (κ2) is 6.11. The molecule has 0 bridgehead atoms. The maximum Gasteiger partial charge on any atom is 0.287 e. The van der Waals surface area contributed by atoms with E-state index in [-0.39, 0.29) is 18.3 Å². The van der Waals surface area contributed by atoms with Crippen molar-refractivity contribution >= 4 is 17.5 Å². The van der Waals surface area contributed by atoms with Crippen molar-refractivity contribution < 1.29 is 14.3 Å². The summed E-state index contributed by atoms with van der Waals surface area (Å²) in [5, 5.41) is 12.8. The normalized spacial score (nSPS) is 12.2. The number of rotatable bonds is 4. The Labute approximate surface area is 122 Å². The predicted octanol–water partition coefficient (Wildman–Crippen LogP) is 3.01. The lowest BCUT2D eigenvalue weighted by atomic mass is 10.1. The molecule has 2 aromatic rings. The topological polar surface area (TPSA) is 62.5 Å². The highest BCUT2D eigenvalue weighted by Gasteiger charge is 2.18. The van der Waals surface area contributed by atoms with E-state index in [0.717, 1.165) is 11.1 Å². The number of hydrogen-bond acceptors (Lipinski definition) is 3. The van der Waals surface area contributed by atoms with Crippen LogP contribution in [0.1, 0.15) is 33.5 Å². The Balaban J connectivity index is 2.13. The van der Waals surface area contributed by atoms with Gasteiger partial charge in [0.2, 0.25) is 0 Å². The van der Waals surface area contributed by atoms with Gasteiger partial charge >= 0.3 is 0 Å². The lowest BCUT2D eigenvalue weighted by Crippen LogP contribution is -2.30. The largest absolute Gasteiger partial charge is 0.456 e. The van der Waals surface area contributed by atoms with Crippen LogP contribution in [0.15, 0.2) is 34.7 Å². The summed E-state index contributed by atoms with van der Waals surface area (Å²) in [5.41, 5.74) is 1.70. The molecule has 0 aliphatic rings. The number of amides is 1. The van der Waals surface area contributed by atoms with Crippen molar-refractivity contribution in [3.63, 3.8) is 0 Å². The summed E-state index contributed by atoms with van der Waals surface area (Å²) in [7, 11) is 0. The molecule has 1 aromatic carbocycles. The molecular weight excluding hydrogens is 278 g/mol. The number of aryl methyl sites for hydroxylation is 2. The van der Waals surface area contributed by atoms with E-state index in [1.54, 1.807) is 37.3 Å². The zero-order valence-electron chi connectivity index (χ0n) is 11.3. The summed E-state index contributed by atoms with van der Waals surface area (Å²) in [6, 6.07) is 8.15. The van der Waals surface area contributed by atoms with Crippen LogP contribution in [0.4, 0.5) is 0 Å².